The van der Waals surface area contributed by atoms with Gasteiger partial charge in [0.05, 0.1) is 6.54 Å². The van der Waals surface area contributed by atoms with Crippen LogP contribution < -0.4 is 10.6 Å². The minimum Gasteiger partial charge on any atom is -0.355 e. The van der Waals surface area contributed by atoms with Gasteiger partial charge in [-0.1, -0.05) is 19.0 Å². The van der Waals surface area contributed by atoms with E-state index < -0.39 is 0 Å². The van der Waals surface area contributed by atoms with Crippen molar-refractivity contribution in [3.63, 3.8) is 0 Å². The van der Waals surface area contributed by atoms with Gasteiger partial charge in [0.1, 0.15) is 6.04 Å². The predicted molar refractivity (Wildman–Crippen MR) is 74.1 cm³/mol. The van der Waals surface area contributed by atoms with Crippen molar-refractivity contribution in [2.45, 2.75) is 39.3 Å². The zero-order valence-corrected chi connectivity index (χ0v) is 12.3. The highest BCUT2D eigenvalue weighted by atomic mass is 16.5. The van der Waals surface area contributed by atoms with Crippen LogP contribution >= 0.6 is 0 Å². The Morgan fingerprint density at radius 1 is 1.60 bits per heavy atom. The van der Waals surface area contributed by atoms with E-state index in [1.54, 1.807) is 0 Å². The van der Waals surface area contributed by atoms with Crippen LogP contribution in [0.4, 0.5) is 0 Å². The Hall–Kier alpha value is -1.47. The van der Waals surface area contributed by atoms with Crippen LogP contribution in [0.15, 0.2) is 4.52 Å². The van der Waals surface area contributed by atoms with E-state index in [4.69, 9.17) is 4.52 Å². The molecule has 2 heterocycles. The number of hydrogen-bond acceptors (Lipinski definition) is 6. The molecule has 7 heteroatoms. The normalized spacial score (nSPS) is 20.3. The lowest BCUT2D eigenvalue weighted by Gasteiger charge is -2.33. The van der Waals surface area contributed by atoms with Gasteiger partial charge in [0, 0.05) is 32.1 Å². The number of nitrogens with zero attached hydrogens (tertiary/aromatic N) is 3. The first-order chi connectivity index (χ1) is 9.61. The van der Waals surface area contributed by atoms with Crippen molar-refractivity contribution < 1.29 is 9.32 Å². The first-order valence-electron chi connectivity index (χ1n) is 7.16. The molecule has 1 aromatic rings. The summed E-state index contributed by atoms with van der Waals surface area (Å²) in [6, 6.07) is -0.182. The quantitative estimate of drug-likeness (QED) is 0.796. The second-order valence-electron chi connectivity index (χ2n) is 5.29. The molecule has 0 radical (unpaired) electrons. The lowest BCUT2D eigenvalue weighted by Crippen LogP contribution is -2.57. The van der Waals surface area contributed by atoms with E-state index in [1.807, 2.05) is 20.8 Å². The molecule has 1 aliphatic heterocycles. The largest absolute Gasteiger partial charge is 0.355 e. The molecule has 1 amide bonds. The molecule has 1 aromatic heterocycles. The highest BCUT2D eigenvalue weighted by molar-refractivity contribution is 5.82. The number of carbonyl (C=O) groups excluding carboxylic acids is 1. The average molecular weight is 281 g/mol. The maximum atomic E-state index is 12.1. The number of carbonyl (C=O) groups is 1. The van der Waals surface area contributed by atoms with Crippen molar-refractivity contribution in [3.8, 4) is 0 Å². The first-order valence-corrected chi connectivity index (χ1v) is 7.16. The van der Waals surface area contributed by atoms with Crippen LogP contribution in [0.3, 0.4) is 0 Å². The van der Waals surface area contributed by atoms with E-state index >= 15 is 0 Å². The lowest BCUT2D eigenvalue weighted by molar-refractivity contribution is -0.127. The summed E-state index contributed by atoms with van der Waals surface area (Å²) in [7, 11) is 0. The average Bonchev–Trinajstić information content (AvgIpc) is 2.88. The van der Waals surface area contributed by atoms with E-state index in [-0.39, 0.29) is 17.9 Å². The zero-order valence-electron chi connectivity index (χ0n) is 12.3. The van der Waals surface area contributed by atoms with Gasteiger partial charge >= 0.3 is 0 Å². The first kappa shape index (κ1) is 14.9. The van der Waals surface area contributed by atoms with Gasteiger partial charge in [0.2, 0.25) is 11.8 Å². The standard InChI is InChI=1S/C13H23N5O2/c1-4-15-13(19)10-7-14-5-6-18(10)8-11-16-12(9(2)3)17-20-11/h9-10,14H,4-8H2,1-3H3,(H,15,19). The smallest absolute Gasteiger partial charge is 0.240 e. The molecular formula is C13H23N5O2. The third kappa shape index (κ3) is 3.55. The second kappa shape index (κ2) is 6.81. The number of hydrogen-bond donors (Lipinski definition) is 2. The summed E-state index contributed by atoms with van der Waals surface area (Å²) in [6.45, 7) is 9.43. The summed E-state index contributed by atoms with van der Waals surface area (Å²) in [6.07, 6.45) is 0. The van der Waals surface area contributed by atoms with Crippen molar-refractivity contribution in [1.82, 2.24) is 25.7 Å². The Bertz CT molecular complexity index is 446. The van der Waals surface area contributed by atoms with Gasteiger partial charge in [-0.15, -0.1) is 0 Å². The van der Waals surface area contributed by atoms with Crippen LogP contribution in [-0.2, 0) is 11.3 Å². The molecular weight excluding hydrogens is 258 g/mol. The molecule has 112 valence electrons. The highest BCUT2D eigenvalue weighted by Gasteiger charge is 2.29. The Morgan fingerprint density at radius 2 is 2.40 bits per heavy atom. The van der Waals surface area contributed by atoms with Gasteiger partial charge in [-0.2, -0.15) is 4.98 Å². The summed E-state index contributed by atoms with van der Waals surface area (Å²) >= 11 is 0. The molecule has 20 heavy (non-hydrogen) atoms. The Labute approximate surface area is 119 Å². The van der Waals surface area contributed by atoms with Crippen LogP contribution in [-0.4, -0.2) is 53.2 Å². The van der Waals surface area contributed by atoms with Crippen LogP contribution in [0.1, 0.15) is 38.4 Å². The number of amides is 1. The van der Waals surface area contributed by atoms with Crippen LogP contribution in [0.25, 0.3) is 0 Å². The fourth-order valence-electron chi connectivity index (χ4n) is 2.23. The van der Waals surface area contributed by atoms with Gasteiger partial charge in [-0.05, 0) is 6.92 Å². The van der Waals surface area contributed by atoms with Crippen molar-refractivity contribution in [2.24, 2.45) is 0 Å². The number of likely N-dealkylation sites (N-methyl/N-ethyl adjacent to an activating group) is 1. The Kier molecular flexibility index (Phi) is 5.08. The third-order valence-corrected chi connectivity index (χ3v) is 3.35. The van der Waals surface area contributed by atoms with Gasteiger partial charge in [0.25, 0.3) is 0 Å². The van der Waals surface area contributed by atoms with E-state index in [9.17, 15) is 4.79 Å². The van der Waals surface area contributed by atoms with E-state index in [2.05, 4.69) is 25.7 Å². The second-order valence-corrected chi connectivity index (χ2v) is 5.29. The number of aromatic nitrogens is 2. The zero-order chi connectivity index (χ0) is 14.5. The van der Waals surface area contributed by atoms with Crippen molar-refractivity contribution >= 4 is 5.91 Å². The number of rotatable bonds is 5. The van der Waals surface area contributed by atoms with Crippen LogP contribution in [0, 0.1) is 0 Å². The fraction of sp³-hybridized carbons (Fsp3) is 0.769. The van der Waals surface area contributed by atoms with Gasteiger partial charge < -0.3 is 15.2 Å². The molecule has 0 aromatic carbocycles. The molecule has 0 saturated carbocycles. The summed E-state index contributed by atoms with van der Waals surface area (Å²) in [4.78, 5) is 18.5. The molecule has 0 aliphatic carbocycles. The molecule has 1 unspecified atom stereocenters. The predicted octanol–water partition coefficient (Wildman–Crippen LogP) is 0.103. The lowest BCUT2D eigenvalue weighted by atomic mass is 10.1. The topological polar surface area (TPSA) is 83.3 Å². The van der Waals surface area contributed by atoms with Crippen molar-refractivity contribution in [1.29, 1.82) is 0 Å². The molecule has 1 saturated heterocycles. The maximum Gasteiger partial charge on any atom is 0.240 e. The van der Waals surface area contributed by atoms with E-state index in [1.165, 1.54) is 0 Å². The van der Waals surface area contributed by atoms with E-state index in [0.717, 1.165) is 13.1 Å². The number of nitrogens with one attached hydrogen (secondary N) is 2. The minimum absolute atomic E-state index is 0.0447. The monoisotopic (exact) mass is 281 g/mol. The molecule has 2 N–H and O–H groups in total. The molecule has 0 spiro atoms. The summed E-state index contributed by atoms with van der Waals surface area (Å²) < 4.78 is 5.26. The van der Waals surface area contributed by atoms with Gasteiger partial charge in [-0.3, -0.25) is 9.69 Å². The van der Waals surface area contributed by atoms with Crippen LogP contribution in [0.5, 0.6) is 0 Å². The van der Waals surface area contributed by atoms with Crippen LogP contribution in [0.2, 0.25) is 0 Å². The fourth-order valence-corrected chi connectivity index (χ4v) is 2.23. The SMILES string of the molecule is CCNC(=O)C1CNCCN1Cc1nc(C(C)C)no1. The molecule has 1 aliphatic rings. The molecule has 2 rings (SSSR count). The van der Waals surface area contributed by atoms with Gasteiger partial charge in [-0.25, -0.2) is 0 Å². The Morgan fingerprint density at radius 3 is 3.05 bits per heavy atom. The highest BCUT2D eigenvalue weighted by Crippen LogP contribution is 2.13. The Balaban J connectivity index is 2.02. The summed E-state index contributed by atoms with van der Waals surface area (Å²) in [5, 5.41) is 10.1. The maximum absolute atomic E-state index is 12.1. The minimum atomic E-state index is -0.182. The van der Waals surface area contributed by atoms with Gasteiger partial charge in [0.15, 0.2) is 5.82 Å². The summed E-state index contributed by atoms with van der Waals surface area (Å²) in [5.74, 6) is 1.58. The molecule has 0 bridgehead atoms. The van der Waals surface area contributed by atoms with E-state index in [0.29, 0.717) is 31.3 Å². The summed E-state index contributed by atoms with van der Waals surface area (Å²) in [5.41, 5.74) is 0. The van der Waals surface area contributed by atoms with Crippen molar-refractivity contribution in [2.75, 3.05) is 26.2 Å². The molecule has 1 atom stereocenters. The van der Waals surface area contributed by atoms with Crippen molar-refractivity contribution in [3.05, 3.63) is 11.7 Å². The third-order valence-electron chi connectivity index (χ3n) is 3.35. The molecule has 7 nitrogen and oxygen atoms in total. The number of piperazine rings is 1. The molecule has 1 fully saturated rings.